The topological polar surface area (TPSA) is 47.0 Å². The van der Waals surface area contributed by atoms with Gasteiger partial charge in [-0.2, -0.15) is 0 Å². The second kappa shape index (κ2) is 5.65. The zero-order valence-electron chi connectivity index (χ0n) is 13.7. The fraction of sp³-hybridized carbons (Fsp3) is 0.765. The molecule has 116 valence electrons. The largest absolute Gasteiger partial charge is 0.370 e. The first-order valence-corrected chi connectivity index (χ1v) is 8.20. The van der Waals surface area contributed by atoms with Crippen molar-refractivity contribution in [1.29, 1.82) is 0 Å². The third-order valence-corrected chi connectivity index (χ3v) is 5.07. The van der Waals surface area contributed by atoms with E-state index in [1.165, 1.54) is 24.8 Å². The van der Waals surface area contributed by atoms with Gasteiger partial charge in [-0.1, -0.05) is 6.92 Å². The molecule has 1 aromatic rings. The first-order valence-electron chi connectivity index (χ1n) is 8.20. The number of ether oxygens (including phenoxy) is 1. The van der Waals surface area contributed by atoms with Gasteiger partial charge in [0.2, 0.25) is 0 Å². The molecular formula is C17H27N3O. The van der Waals surface area contributed by atoms with E-state index >= 15 is 0 Å². The third kappa shape index (κ3) is 2.84. The van der Waals surface area contributed by atoms with Crippen LogP contribution in [0.1, 0.15) is 67.7 Å². The zero-order valence-corrected chi connectivity index (χ0v) is 13.7. The van der Waals surface area contributed by atoms with E-state index in [0.29, 0.717) is 5.92 Å². The molecule has 21 heavy (non-hydrogen) atoms. The Morgan fingerprint density at radius 2 is 1.86 bits per heavy atom. The second-order valence-corrected chi connectivity index (χ2v) is 6.77. The van der Waals surface area contributed by atoms with Crippen LogP contribution in [-0.4, -0.2) is 29.7 Å². The van der Waals surface area contributed by atoms with Gasteiger partial charge < -0.3 is 10.1 Å². The average Bonchev–Trinajstić information content (AvgIpc) is 3.19. The molecule has 2 aliphatic carbocycles. The molecule has 1 unspecified atom stereocenters. The molecular weight excluding hydrogens is 262 g/mol. The van der Waals surface area contributed by atoms with Crippen molar-refractivity contribution in [3.63, 3.8) is 0 Å². The minimum absolute atomic E-state index is 0.219. The highest BCUT2D eigenvalue weighted by Crippen LogP contribution is 2.43. The molecule has 0 saturated heterocycles. The van der Waals surface area contributed by atoms with Gasteiger partial charge in [0.05, 0.1) is 0 Å². The summed E-state index contributed by atoms with van der Waals surface area (Å²) < 4.78 is 5.72. The summed E-state index contributed by atoms with van der Waals surface area (Å²) in [6, 6.07) is 0.750. The molecule has 0 bridgehead atoms. The number of rotatable bonds is 6. The average molecular weight is 289 g/mol. The van der Waals surface area contributed by atoms with E-state index in [4.69, 9.17) is 14.7 Å². The highest BCUT2D eigenvalue weighted by atomic mass is 16.5. The Labute approximate surface area is 127 Å². The molecule has 3 rings (SSSR count). The fourth-order valence-electron chi connectivity index (χ4n) is 3.39. The summed E-state index contributed by atoms with van der Waals surface area (Å²) >= 11 is 0. The van der Waals surface area contributed by atoms with Crippen LogP contribution in [0.4, 0.5) is 0 Å². The van der Waals surface area contributed by atoms with Gasteiger partial charge in [0.15, 0.2) is 5.82 Å². The van der Waals surface area contributed by atoms with E-state index < -0.39 is 0 Å². The van der Waals surface area contributed by atoms with Crippen LogP contribution >= 0.6 is 0 Å². The summed E-state index contributed by atoms with van der Waals surface area (Å²) in [6.07, 6.45) is 5.95. The minimum Gasteiger partial charge on any atom is -0.370 e. The highest BCUT2D eigenvalue weighted by molar-refractivity contribution is 5.30. The lowest BCUT2D eigenvalue weighted by Gasteiger charge is -2.39. The van der Waals surface area contributed by atoms with Crippen molar-refractivity contribution in [3.05, 3.63) is 22.8 Å². The first kappa shape index (κ1) is 14.9. The van der Waals surface area contributed by atoms with Crippen LogP contribution in [0.25, 0.3) is 0 Å². The Bertz CT molecular complexity index is 492. The van der Waals surface area contributed by atoms with Crippen molar-refractivity contribution >= 4 is 0 Å². The van der Waals surface area contributed by atoms with Crippen molar-refractivity contribution in [1.82, 2.24) is 15.3 Å². The van der Waals surface area contributed by atoms with Gasteiger partial charge in [-0.05, 0) is 57.4 Å². The molecule has 1 atom stereocenters. The predicted molar refractivity (Wildman–Crippen MR) is 83.5 cm³/mol. The molecule has 1 aromatic heterocycles. The molecule has 2 saturated carbocycles. The SMILES string of the molecule is COC1(c2nc(C)c(C(C)CNC3CC3)c(C)n2)CCC1. The number of methoxy groups -OCH3 is 1. The molecule has 0 amide bonds. The fourth-order valence-corrected chi connectivity index (χ4v) is 3.39. The number of aromatic nitrogens is 2. The highest BCUT2D eigenvalue weighted by Gasteiger charge is 2.42. The van der Waals surface area contributed by atoms with E-state index in [9.17, 15) is 0 Å². The molecule has 1 N–H and O–H groups in total. The molecule has 4 heteroatoms. The van der Waals surface area contributed by atoms with Crippen LogP contribution in [0.3, 0.4) is 0 Å². The molecule has 0 aliphatic heterocycles. The van der Waals surface area contributed by atoms with E-state index in [0.717, 1.165) is 42.6 Å². The van der Waals surface area contributed by atoms with E-state index in [1.54, 1.807) is 7.11 Å². The molecule has 2 fully saturated rings. The van der Waals surface area contributed by atoms with Gasteiger partial charge in [0.1, 0.15) is 5.60 Å². The lowest BCUT2D eigenvalue weighted by Crippen LogP contribution is -2.38. The van der Waals surface area contributed by atoms with Crippen LogP contribution in [0.5, 0.6) is 0 Å². The zero-order chi connectivity index (χ0) is 15.0. The number of aryl methyl sites for hydroxylation is 2. The first-order chi connectivity index (χ1) is 10.1. The van der Waals surface area contributed by atoms with Crippen molar-refractivity contribution in [2.45, 2.75) is 70.4 Å². The van der Waals surface area contributed by atoms with Crippen molar-refractivity contribution < 1.29 is 4.74 Å². The summed E-state index contributed by atoms with van der Waals surface area (Å²) in [5, 5.41) is 3.61. The number of nitrogens with one attached hydrogen (secondary N) is 1. The van der Waals surface area contributed by atoms with Crippen LogP contribution < -0.4 is 5.32 Å². The van der Waals surface area contributed by atoms with Gasteiger partial charge in [0.25, 0.3) is 0 Å². The van der Waals surface area contributed by atoms with Crippen molar-refractivity contribution in [2.24, 2.45) is 0 Å². The summed E-state index contributed by atoms with van der Waals surface area (Å²) in [5.74, 6) is 1.34. The second-order valence-electron chi connectivity index (χ2n) is 6.77. The van der Waals surface area contributed by atoms with Gasteiger partial charge >= 0.3 is 0 Å². The van der Waals surface area contributed by atoms with Gasteiger partial charge in [-0.3, -0.25) is 0 Å². The van der Waals surface area contributed by atoms with Crippen LogP contribution in [0, 0.1) is 13.8 Å². The minimum atomic E-state index is -0.219. The van der Waals surface area contributed by atoms with E-state index in [1.807, 2.05) is 0 Å². The molecule has 4 nitrogen and oxygen atoms in total. The monoisotopic (exact) mass is 289 g/mol. The van der Waals surface area contributed by atoms with E-state index in [2.05, 4.69) is 26.1 Å². The maximum atomic E-state index is 5.72. The molecule has 0 aromatic carbocycles. The van der Waals surface area contributed by atoms with E-state index in [-0.39, 0.29) is 5.60 Å². The van der Waals surface area contributed by atoms with Gasteiger partial charge in [0, 0.05) is 31.1 Å². The molecule has 1 heterocycles. The number of hydrogen-bond acceptors (Lipinski definition) is 4. The van der Waals surface area contributed by atoms with Crippen LogP contribution in [0.2, 0.25) is 0 Å². The number of nitrogens with zero attached hydrogens (tertiary/aromatic N) is 2. The number of hydrogen-bond donors (Lipinski definition) is 1. The Balaban J connectivity index is 1.81. The maximum Gasteiger partial charge on any atom is 0.160 e. The lowest BCUT2D eigenvalue weighted by molar-refractivity contribution is -0.0849. The van der Waals surface area contributed by atoms with Crippen LogP contribution in [0.15, 0.2) is 0 Å². The Kier molecular flexibility index (Phi) is 4.02. The van der Waals surface area contributed by atoms with Gasteiger partial charge in [-0.15, -0.1) is 0 Å². The smallest absolute Gasteiger partial charge is 0.160 e. The normalized spacial score (nSPS) is 21.9. The molecule has 2 aliphatic rings. The predicted octanol–water partition coefficient (Wildman–Crippen LogP) is 2.97. The van der Waals surface area contributed by atoms with Crippen molar-refractivity contribution in [3.8, 4) is 0 Å². The summed E-state index contributed by atoms with van der Waals surface area (Å²) in [4.78, 5) is 9.60. The van der Waals surface area contributed by atoms with Gasteiger partial charge in [-0.25, -0.2) is 9.97 Å². The lowest BCUT2D eigenvalue weighted by atomic mass is 9.79. The summed E-state index contributed by atoms with van der Waals surface area (Å²) in [7, 11) is 1.78. The quantitative estimate of drug-likeness (QED) is 0.874. The van der Waals surface area contributed by atoms with Crippen molar-refractivity contribution in [2.75, 3.05) is 13.7 Å². The summed E-state index contributed by atoms with van der Waals surface area (Å²) in [5.41, 5.74) is 3.32. The molecule has 0 radical (unpaired) electrons. The standard InChI is InChI=1S/C17H27N3O/c1-11(10-18-14-6-7-14)15-12(2)19-16(20-13(15)3)17(21-4)8-5-9-17/h11,14,18H,5-10H2,1-4H3. The Morgan fingerprint density at radius 1 is 1.24 bits per heavy atom. The Hall–Kier alpha value is -1.00. The molecule has 0 spiro atoms. The Morgan fingerprint density at radius 3 is 2.29 bits per heavy atom. The third-order valence-electron chi connectivity index (χ3n) is 5.07. The van der Waals surface area contributed by atoms with Crippen LogP contribution in [-0.2, 0) is 10.3 Å². The maximum absolute atomic E-state index is 5.72. The summed E-state index contributed by atoms with van der Waals surface area (Å²) in [6.45, 7) is 7.51.